The number of anilines is 1. The molecular formula is C17H25N3O4. The number of carbonyl (C=O) groups is 1. The van der Waals surface area contributed by atoms with Crippen molar-refractivity contribution in [1.29, 1.82) is 0 Å². The number of nitrogens with zero attached hydrogens (tertiary/aromatic N) is 1. The standard InChI is InChI=1S/C17H25N3O4/c1-18-17(21)13-8-9-15(16(12-13)20(22)23)19-10-11-24-14-6-4-2-3-5-7-14/h8-9,12,14,19H,2-7,10-11H2,1H3,(H,18,21). The van der Waals surface area contributed by atoms with Gasteiger partial charge in [-0.2, -0.15) is 0 Å². The van der Waals surface area contributed by atoms with Gasteiger partial charge in [-0.15, -0.1) is 0 Å². The molecule has 0 radical (unpaired) electrons. The highest BCUT2D eigenvalue weighted by molar-refractivity contribution is 5.95. The van der Waals surface area contributed by atoms with Gasteiger partial charge in [0.15, 0.2) is 0 Å². The molecule has 2 rings (SSSR count). The van der Waals surface area contributed by atoms with E-state index < -0.39 is 4.92 Å². The van der Waals surface area contributed by atoms with Crippen molar-refractivity contribution < 1.29 is 14.5 Å². The van der Waals surface area contributed by atoms with Crippen molar-refractivity contribution in [3.05, 3.63) is 33.9 Å². The third kappa shape index (κ3) is 5.19. The summed E-state index contributed by atoms with van der Waals surface area (Å²) < 4.78 is 5.87. The number of hydrogen-bond donors (Lipinski definition) is 2. The monoisotopic (exact) mass is 335 g/mol. The molecule has 24 heavy (non-hydrogen) atoms. The lowest BCUT2D eigenvalue weighted by atomic mass is 10.1. The maximum Gasteiger partial charge on any atom is 0.293 e. The van der Waals surface area contributed by atoms with Gasteiger partial charge in [0.1, 0.15) is 5.69 Å². The normalized spacial score (nSPS) is 15.5. The second kappa shape index (κ2) is 9.22. The van der Waals surface area contributed by atoms with Crippen LogP contribution >= 0.6 is 0 Å². The van der Waals surface area contributed by atoms with Gasteiger partial charge in [-0.05, 0) is 25.0 Å². The molecule has 2 N–H and O–H groups in total. The van der Waals surface area contributed by atoms with Gasteiger partial charge in [-0.1, -0.05) is 25.7 Å². The largest absolute Gasteiger partial charge is 0.377 e. The van der Waals surface area contributed by atoms with Crippen LogP contribution in [0.4, 0.5) is 11.4 Å². The van der Waals surface area contributed by atoms with Crippen molar-refractivity contribution in [1.82, 2.24) is 5.32 Å². The number of carbonyl (C=O) groups excluding carboxylic acids is 1. The van der Waals surface area contributed by atoms with Gasteiger partial charge < -0.3 is 15.4 Å². The first-order valence-electron chi connectivity index (χ1n) is 8.48. The van der Waals surface area contributed by atoms with E-state index in [4.69, 9.17) is 4.74 Å². The Hall–Kier alpha value is -2.15. The smallest absolute Gasteiger partial charge is 0.293 e. The molecule has 1 saturated carbocycles. The maximum atomic E-state index is 11.6. The van der Waals surface area contributed by atoms with Crippen LogP contribution in [0.5, 0.6) is 0 Å². The summed E-state index contributed by atoms with van der Waals surface area (Å²) in [7, 11) is 1.49. The Bertz CT molecular complexity index is 569. The van der Waals surface area contributed by atoms with E-state index >= 15 is 0 Å². The van der Waals surface area contributed by atoms with Crippen LogP contribution in [-0.2, 0) is 4.74 Å². The zero-order valence-electron chi connectivity index (χ0n) is 14.0. The molecular weight excluding hydrogens is 310 g/mol. The van der Waals surface area contributed by atoms with Crippen molar-refractivity contribution in [3.8, 4) is 0 Å². The number of ether oxygens (including phenoxy) is 1. The van der Waals surface area contributed by atoms with E-state index in [1.807, 2.05) is 0 Å². The van der Waals surface area contributed by atoms with Crippen LogP contribution in [0.3, 0.4) is 0 Å². The maximum absolute atomic E-state index is 11.6. The minimum atomic E-state index is -0.485. The predicted octanol–water partition coefficient (Wildman–Crippen LogP) is 3.11. The Morgan fingerprint density at radius 2 is 2.00 bits per heavy atom. The Morgan fingerprint density at radius 3 is 2.62 bits per heavy atom. The zero-order valence-corrected chi connectivity index (χ0v) is 14.0. The number of nitrogens with one attached hydrogen (secondary N) is 2. The number of hydrogen-bond acceptors (Lipinski definition) is 5. The van der Waals surface area contributed by atoms with E-state index in [1.165, 1.54) is 38.8 Å². The second-order valence-electron chi connectivity index (χ2n) is 5.98. The van der Waals surface area contributed by atoms with Crippen LogP contribution < -0.4 is 10.6 Å². The van der Waals surface area contributed by atoms with Gasteiger partial charge in [-0.3, -0.25) is 14.9 Å². The topological polar surface area (TPSA) is 93.5 Å². The molecule has 0 atom stereocenters. The minimum absolute atomic E-state index is 0.106. The summed E-state index contributed by atoms with van der Waals surface area (Å²) in [5.74, 6) is -0.346. The van der Waals surface area contributed by atoms with Crippen LogP contribution in [0.1, 0.15) is 48.9 Å². The molecule has 1 aliphatic rings. The van der Waals surface area contributed by atoms with Gasteiger partial charge in [0.05, 0.1) is 17.6 Å². The molecule has 1 amide bonds. The van der Waals surface area contributed by atoms with Crippen LogP contribution in [0.25, 0.3) is 0 Å². The SMILES string of the molecule is CNC(=O)c1ccc(NCCOC2CCCCCC2)c([N+](=O)[O-])c1. The lowest BCUT2D eigenvalue weighted by Gasteiger charge is -2.16. The first-order chi connectivity index (χ1) is 11.6. The fourth-order valence-electron chi connectivity index (χ4n) is 2.94. The number of amides is 1. The fraction of sp³-hybridized carbons (Fsp3) is 0.588. The molecule has 0 saturated heterocycles. The highest BCUT2D eigenvalue weighted by atomic mass is 16.6. The van der Waals surface area contributed by atoms with Gasteiger partial charge in [0.25, 0.3) is 11.6 Å². The molecule has 0 spiro atoms. The molecule has 132 valence electrons. The van der Waals surface area contributed by atoms with Crippen molar-refractivity contribution in [2.75, 3.05) is 25.5 Å². The highest BCUT2D eigenvalue weighted by Crippen LogP contribution is 2.25. The molecule has 1 aliphatic carbocycles. The van der Waals surface area contributed by atoms with Gasteiger partial charge in [0, 0.05) is 25.2 Å². The summed E-state index contributed by atoms with van der Waals surface area (Å²) in [6.45, 7) is 1.01. The van der Waals surface area contributed by atoms with Crippen LogP contribution in [-0.4, -0.2) is 37.1 Å². The third-order valence-electron chi connectivity index (χ3n) is 4.26. The summed E-state index contributed by atoms with van der Waals surface area (Å²) in [5, 5.41) is 16.7. The van der Waals surface area contributed by atoms with Gasteiger partial charge >= 0.3 is 0 Å². The molecule has 0 aliphatic heterocycles. The summed E-state index contributed by atoms with van der Waals surface area (Å²) in [5.41, 5.74) is 0.562. The van der Waals surface area contributed by atoms with E-state index in [0.29, 0.717) is 24.9 Å². The van der Waals surface area contributed by atoms with E-state index in [9.17, 15) is 14.9 Å². The Kier molecular flexibility index (Phi) is 6.99. The van der Waals surface area contributed by atoms with Crippen molar-refractivity contribution in [3.63, 3.8) is 0 Å². The first kappa shape index (κ1) is 18.2. The molecule has 7 heteroatoms. The third-order valence-corrected chi connectivity index (χ3v) is 4.26. The minimum Gasteiger partial charge on any atom is -0.377 e. The molecule has 0 aromatic heterocycles. The molecule has 0 bridgehead atoms. The van der Waals surface area contributed by atoms with Gasteiger partial charge in [0.2, 0.25) is 0 Å². The number of nitro groups is 1. The van der Waals surface area contributed by atoms with Crippen molar-refractivity contribution >= 4 is 17.3 Å². The highest BCUT2D eigenvalue weighted by Gasteiger charge is 2.17. The van der Waals surface area contributed by atoms with Crippen LogP contribution in [0, 0.1) is 10.1 Å². The average Bonchev–Trinajstić information content (AvgIpc) is 2.86. The molecule has 0 heterocycles. The van der Waals surface area contributed by atoms with Crippen molar-refractivity contribution in [2.45, 2.75) is 44.6 Å². The lowest BCUT2D eigenvalue weighted by molar-refractivity contribution is -0.384. The van der Waals surface area contributed by atoms with E-state index in [-0.39, 0.29) is 17.2 Å². The number of nitro benzene ring substituents is 1. The molecule has 0 unspecified atom stereocenters. The van der Waals surface area contributed by atoms with E-state index in [0.717, 1.165) is 12.8 Å². The Labute approximate surface area is 141 Å². The van der Waals surface area contributed by atoms with Crippen molar-refractivity contribution in [2.24, 2.45) is 0 Å². The first-order valence-corrected chi connectivity index (χ1v) is 8.48. The molecule has 7 nitrogen and oxygen atoms in total. The fourth-order valence-corrected chi connectivity index (χ4v) is 2.94. The quantitative estimate of drug-likeness (QED) is 0.346. The average molecular weight is 335 g/mol. The van der Waals surface area contributed by atoms with E-state index in [2.05, 4.69) is 10.6 Å². The second-order valence-corrected chi connectivity index (χ2v) is 5.98. The zero-order chi connectivity index (χ0) is 17.4. The predicted molar refractivity (Wildman–Crippen MR) is 92.4 cm³/mol. The molecule has 1 fully saturated rings. The number of rotatable bonds is 7. The lowest BCUT2D eigenvalue weighted by Crippen LogP contribution is -2.19. The summed E-state index contributed by atoms with van der Waals surface area (Å²) in [4.78, 5) is 22.3. The Balaban J connectivity index is 1.89. The molecule has 1 aromatic rings. The Morgan fingerprint density at radius 1 is 1.29 bits per heavy atom. The van der Waals surface area contributed by atoms with Crippen LogP contribution in [0.15, 0.2) is 18.2 Å². The van der Waals surface area contributed by atoms with Gasteiger partial charge in [-0.25, -0.2) is 0 Å². The van der Waals surface area contributed by atoms with Crippen LogP contribution in [0.2, 0.25) is 0 Å². The summed E-state index contributed by atoms with van der Waals surface area (Å²) >= 11 is 0. The number of benzene rings is 1. The summed E-state index contributed by atoms with van der Waals surface area (Å²) in [6.07, 6.45) is 7.49. The summed E-state index contributed by atoms with van der Waals surface area (Å²) in [6, 6.07) is 4.42. The van der Waals surface area contributed by atoms with E-state index in [1.54, 1.807) is 12.1 Å². The molecule has 1 aromatic carbocycles.